The smallest absolute Gasteiger partial charge is 0.328 e. The van der Waals surface area contributed by atoms with Crippen molar-refractivity contribution in [3.05, 3.63) is 22.3 Å². The molecule has 1 amide bonds. The summed E-state index contributed by atoms with van der Waals surface area (Å²) >= 11 is 0. The van der Waals surface area contributed by atoms with Crippen molar-refractivity contribution in [1.29, 1.82) is 0 Å². The van der Waals surface area contributed by atoms with Crippen LogP contribution >= 0.6 is 0 Å². The van der Waals surface area contributed by atoms with Crippen molar-refractivity contribution in [3.63, 3.8) is 0 Å². The van der Waals surface area contributed by atoms with E-state index in [-0.39, 0.29) is 6.04 Å². The van der Waals surface area contributed by atoms with Gasteiger partial charge in [-0.15, -0.1) is 10.1 Å². The molecule has 100 valence electrons. The molecule has 0 atom stereocenters. The number of aliphatic carboxylic acids is 1. The van der Waals surface area contributed by atoms with Gasteiger partial charge in [0.1, 0.15) is 6.10 Å². The fourth-order valence-electron chi connectivity index (χ4n) is 1.83. The largest absolute Gasteiger partial charge is 0.478 e. The van der Waals surface area contributed by atoms with Crippen LogP contribution in [0.2, 0.25) is 0 Å². The Kier molecular flexibility index (Phi) is 5.09. The summed E-state index contributed by atoms with van der Waals surface area (Å²) in [5.41, 5.74) is 0. The minimum absolute atomic E-state index is 0.0949. The molecule has 0 unspecified atom stereocenters. The Balaban J connectivity index is 2.29. The predicted molar refractivity (Wildman–Crippen MR) is 59.0 cm³/mol. The molecule has 0 aromatic carbocycles. The molecule has 18 heavy (non-hydrogen) atoms. The van der Waals surface area contributed by atoms with Gasteiger partial charge in [0.15, 0.2) is 0 Å². The lowest BCUT2D eigenvalue weighted by molar-refractivity contribution is -0.769. The Morgan fingerprint density at radius 1 is 1.28 bits per heavy atom. The second kappa shape index (κ2) is 6.58. The van der Waals surface area contributed by atoms with E-state index in [1.807, 2.05) is 0 Å². The van der Waals surface area contributed by atoms with Crippen molar-refractivity contribution >= 4 is 11.9 Å². The highest BCUT2D eigenvalue weighted by atomic mass is 17.0. The first-order chi connectivity index (χ1) is 8.47. The van der Waals surface area contributed by atoms with E-state index in [0.29, 0.717) is 25.7 Å². The van der Waals surface area contributed by atoms with Crippen LogP contribution in [-0.4, -0.2) is 34.2 Å². The van der Waals surface area contributed by atoms with Gasteiger partial charge < -0.3 is 15.3 Å². The molecular weight excluding hydrogens is 244 g/mol. The normalized spacial score (nSPS) is 23.6. The van der Waals surface area contributed by atoms with E-state index in [9.17, 15) is 19.7 Å². The molecular formula is C10H14N2O6. The van der Waals surface area contributed by atoms with Crippen molar-refractivity contribution in [1.82, 2.24) is 5.32 Å². The number of hydrogen-bond acceptors (Lipinski definition) is 5. The molecule has 1 rings (SSSR count). The molecule has 0 radical (unpaired) electrons. The maximum Gasteiger partial charge on any atom is 0.328 e. The zero-order valence-electron chi connectivity index (χ0n) is 9.57. The molecule has 0 heterocycles. The van der Waals surface area contributed by atoms with Gasteiger partial charge in [0, 0.05) is 18.2 Å². The van der Waals surface area contributed by atoms with Gasteiger partial charge in [-0.2, -0.15) is 0 Å². The van der Waals surface area contributed by atoms with Crippen LogP contribution in [0.1, 0.15) is 25.7 Å². The van der Waals surface area contributed by atoms with E-state index < -0.39 is 23.1 Å². The summed E-state index contributed by atoms with van der Waals surface area (Å²) < 4.78 is 0. The summed E-state index contributed by atoms with van der Waals surface area (Å²) in [5, 5.41) is 20.3. The SMILES string of the molecule is O=C(O)/C=C\C(=O)N[C@H]1CC[C@H](O[N+](=O)[O-])CC1. The summed E-state index contributed by atoms with van der Waals surface area (Å²) in [5.74, 6) is -1.66. The quantitative estimate of drug-likeness (QED) is 0.415. The average molecular weight is 258 g/mol. The molecule has 1 fully saturated rings. The highest BCUT2D eigenvalue weighted by Crippen LogP contribution is 2.21. The molecule has 1 aliphatic carbocycles. The van der Waals surface area contributed by atoms with Gasteiger partial charge >= 0.3 is 5.97 Å². The summed E-state index contributed by atoms with van der Waals surface area (Å²) in [4.78, 5) is 36.0. The Hall–Kier alpha value is -2.12. The molecule has 0 aliphatic heterocycles. The molecule has 8 nitrogen and oxygen atoms in total. The Labute approximate surface area is 103 Å². The number of rotatable bonds is 5. The third-order valence-corrected chi connectivity index (χ3v) is 2.63. The van der Waals surface area contributed by atoms with E-state index in [0.717, 1.165) is 12.2 Å². The molecule has 8 heteroatoms. The van der Waals surface area contributed by atoms with Crippen LogP contribution in [0.25, 0.3) is 0 Å². The summed E-state index contributed by atoms with van der Waals surface area (Å²) in [6, 6.07) is -0.0949. The third kappa shape index (κ3) is 5.28. The van der Waals surface area contributed by atoms with Gasteiger partial charge in [-0.1, -0.05) is 0 Å². The standard InChI is InChI=1S/C10H14N2O6/c13-9(5-6-10(14)15)11-7-1-3-8(4-2-7)18-12(16)17/h5-8H,1-4H2,(H,11,13)(H,14,15)/b6-5-/t7-,8-. The Morgan fingerprint density at radius 2 is 1.89 bits per heavy atom. The van der Waals surface area contributed by atoms with Crippen LogP contribution in [0.15, 0.2) is 12.2 Å². The van der Waals surface area contributed by atoms with E-state index in [2.05, 4.69) is 10.2 Å². The lowest BCUT2D eigenvalue weighted by Crippen LogP contribution is -2.38. The van der Waals surface area contributed by atoms with Gasteiger partial charge in [-0.25, -0.2) is 4.79 Å². The summed E-state index contributed by atoms with van der Waals surface area (Å²) in [6.07, 6.45) is 3.43. The average Bonchev–Trinajstić information content (AvgIpc) is 2.28. The number of nitrogens with zero attached hydrogens (tertiary/aromatic N) is 1. The van der Waals surface area contributed by atoms with Crippen LogP contribution in [0.5, 0.6) is 0 Å². The zero-order chi connectivity index (χ0) is 13.5. The lowest BCUT2D eigenvalue weighted by atomic mass is 9.93. The predicted octanol–water partition coefficient (Wildman–Crippen LogP) is 0.263. The molecule has 0 saturated heterocycles. The number of hydrogen-bond donors (Lipinski definition) is 2. The zero-order valence-corrected chi connectivity index (χ0v) is 9.57. The first-order valence-electron chi connectivity index (χ1n) is 5.50. The van der Waals surface area contributed by atoms with Crippen molar-refractivity contribution in [3.8, 4) is 0 Å². The van der Waals surface area contributed by atoms with Gasteiger partial charge in [0.25, 0.3) is 5.09 Å². The molecule has 0 bridgehead atoms. The second-order valence-electron chi connectivity index (χ2n) is 3.98. The molecule has 2 N–H and O–H groups in total. The van der Waals surface area contributed by atoms with Gasteiger partial charge in [-0.05, 0) is 25.7 Å². The first-order valence-corrected chi connectivity index (χ1v) is 5.50. The lowest BCUT2D eigenvalue weighted by Gasteiger charge is -2.27. The van der Waals surface area contributed by atoms with E-state index in [1.54, 1.807) is 0 Å². The van der Waals surface area contributed by atoms with Crippen molar-refractivity contribution < 1.29 is 24.6 Å². The van der Waals surface area contributed by atoms with E-state index in [4.69, 9.17) is 5.11 Å². The summed E-state index contributed by atoms with van der Waals surface area (Å²) in [6.45, 7) is 0. The highest BCUT2D eigenvalue weighted by molar-refractivity contribution is 5.93. The van der Waals surface area contributed by atoms with Crippen LogP contribution in [-0.2, 0) is 14.4 Å². The van der Waals surface area contributed by atoms with Crippen LogP contribution in [0.3, 0.4) is 0 Å². The summed E-state index contributed by atoms with van der Waals surface area (Å²) in [7, 11) is 0. The first kappa shape index (κ1) is 13.9. The molecule has 0 aromatic rings. The molecule has 1 aliphatic rings. The van der Waals surface area contributed by atoms with Gasteiger partial charge in [0.05, 0.1) is 0 Å². The number of carboxylic acids is 1. The fraction of sp³-hybridized carbons (Fsp3) is 0.600. The molecule has 1 saturated carbocycles. The fourth-order valence-corrected chi connectivity index (χ4v) is 1.83. The Bertz CT molecular complexity index is 359. The van der Waals surface area contributed by atoms with Gasteiger partial charge in [-0.3, -0.25) is 4.79 Å². The second-order valence-corrected chi connectivity index (χ2v) is 3.98. The Morgan fingerprint density at radius 3 is 2.39 bits per heavy atom. The van der Waals surface area contributed by atoms with Crippen LogP contribution in [0, 0.1) is 10.1 Å². The number of nitrogens with one attached hydrogen (secondary N) is 1. The minimum atomic E-state index is -1.19. The van der Waals surface area contributed by atoms with Gasteiger partial charge in [0.2, 0.25) is 5.91 Å². The van der Waals surface area contributed by atoms with Crippen LogP contribution in [0.4, 0.5) is 0 Å². The topological polar surface area (TPSA) is 119 Å². The van der Waals surface area contributed by atoms with E-state index >= 15 is 0 Å². The number of carboxylic acid groups (broad SMARTS) is 1. The monoisotopic (exact) mass is 258 g/mol. The molecule has 0 spiro atoms. The van der Waals surface area contributed by atoms with E-state index in [1.165, 1.54) is 0 Å². The minimum Gasteiger partial charge on any atom is -0.478 e. The number of carbonyl (C=O) groups excluding carboxylic acids is 1. The third-order valence-electron chi connectivity index (χ3n) is 2.63. The van der Waals surface area contributed by atoms with Crippen molar-refractivity contribution in [2.75, 3.05) is 0 Å². The number of carbonyl (C=O) groups is 2. The van der Waals surface area contributed by atoms with Crippen molar-refractivity contribution in [2.24, 2.45) is 0 Å². The maximum absolute atomic E-state index is 11.3. The highest BCUT2D eigenvalue weighted by Gasteiger charge is 2.24. The van der Waals surface area contributed by atoms with Crippen molar-refractivity contribution in [2.45, 2.75) is 37.8 Å². The maximum atomic E-state index is 11.3. The molecule has 0 aromatic heterocycles. The number of amides is 1. The van der Waals surface area contributed by atoms with Crippen LogP contribution < -0.4 is 5.32 Å².